The number of carbonyl (C=O) groups excluding carboxylic acids is 1. The first-order chi connectivity index (χ1) is 12.1. The molecular formula is C19H22FN3O2. The van der Waals surface area contributed by atoms with Gasteiger partial charge in [0.25, 0.3) is 11.5 Å². The predicted octanol–water partition coefficient (Wildman–Crippen LogP) is 2.01. The average Bonchev–Trinajstić information content (AvgIpc) is 3.13. The Balaban J connectivity index is 1.63. The van der Waals surface area contributed by atoms with E-state index in [9.17, 15) is 14.0 Å². The van der Waals surface area contributed by atoms with Gasteiger partial charge >= 0.3 is 0 Å². The van der Waals surface area contributed by atoms with E-state index < -0.39 is 0 Å². The van der Waals surface area contributed by atoms with Crippen LogP contribution in [-0.2, 0) is 13.1 Å². The Morgan fingerprint density at radius 2 is 1.84 bits per heavy atom. The number of carbonyl (C=O) groups is 1. The van der Waals surface area contributed by atoms with Crippen LogP contribution in [0.25, 0.3) is 0 Å². The first kappa shape index (κ1) is 17.4. The van der Waals surface area contributed by atoms with Crippen molar-refractivity contribution >= 4 is 5.91 Å². The fourth-order valence-corrected chi connectivity index (χ4v) is 3.02. The minimum Gasteiger partial charge on any atom is -0.348 e. The van der Waals surface area contributed by atoms with Gasteiger partial charge < -0.3 is 14.8 Å². The summed E-state index contributed by atoms with van der Waals surface area (Å²) in [5.74, 6) is -0.670. The Morgan fingerprint density at radius 3 is 2.60 bits per heavy atom. The van der Waals surface area contributed by atoms with E-state index in [1.807, 2.05) is 0 Å². The monoisotopic (exact) mass is 343 g/mol. The maximum absolute atomic E-state index is 13.6. The number of rotatable bonds is 6. The maximum Gasteiger partial charge on any atom is 0.253 e. The maximum atomic E-state index is 13.6. The second-order valence-corrected chi connectivity index (χ2v) is 6.27. The lowest BCUT2D eigenvalue weighted by Crippen LogP contribution is -2.30. The Hall–Kier alpha value is -2.47. The van der Waals surface area contributed by atoms with E-state index in [0.29, 0.717) is 17.7 Å². The quantitative estimate of drug-likeness (QED) is 0.873. The first-order valence-corrected chi connectivity index (χ1v) is 8.58. The van der Waals surface area contributed by atoms with Crippen LogP contribution in [0.5, 0.6) is 0 Å². The number of nitrogens with one attached hydrogen (secondary N) is 1. The number of likely N-dealkylation sites (tertiary alicyclic amines) is 1. The molecule has 0 spiro atoms. The summed E-state index contributed by atoms with van der Waals surface area (Å²) >= 11 is 0. The van der Waals surface area contributed by atoms with E-state index in [2.05, 4.69) is 10.2 Å². The highest BCUT2D eigenvalue weighted by Gasteiger charge is 2.12. The van der Waals surface area contributed by atoms with Gasteiger partial charge in [0.15, 0.2) is 0 Å². The normalized spacial score (nSPS) is 14.6. The highest BCUT2D eigenvalue weighted by atomic mass is 19.1. The third kappa shape index (κ3) is 4.54. The van der Waals surface area contributed by atoms with E-state index in [0.717, 1.165) is 19.6 Å². The summed E-state index contributed by atoms with van der Waals surface area (Å²) in [6.45, 7) is 3.61. The molecule has 0 radical (unpaired) electrons. The SMILES string of the molecule is O=C(NCc1ccccc1F)c1ccc(=O)n(CCN2CCCC2)c1. The van der Waals surface area contributed by atoms with Crippen LogP contribution >= 0.6 is 0 Å². The summed E-state index contributed by atoms with van der Waals surface area (Å²) in [6.07, 6.45) is 3.98. The van der Waals surface area contributed by atoms with Gasteiger partial charge in [-0.1, -0.05) is 18.2 Å². The Bertz CT molecular complexity index is 797. The number of nitrogens with zero attached hydrogens (tertiary/aromatic N) is 2. The molecule has 1 saturated heterocycles. The van der Waals surface area contributed by atoms with Crippen molar-refractivity contribution in [3.63, 3.8) is 0 Å². The topological polar surface area (TPSA) is 54.3 Å². The molecule has 1 amide bonds. The van der Waals surface area contributed by atoms with Gasteiger partial charge in [-0.05, 0) is 38.1 Å². The lowest BCUT2D eigenvalue weighted by atomic mass is 10.2. The van der Waals surface area contributed by atoms with Crippen LogP contribution < -0.4 is 10.9 Å². The van der Waals surface area contributed by atoms with Crippen molar-refractivity contribution in [2.75, 3.05) is 19.6 Å². The molecule has 1 aliphatic rings. The largest absolute Gasteiger partial charge is 0.348 e. The molecular weight excluding hydrogens is 321 g/mol. The van der Waals surface area contributed by atoms with Crippen molar-refractivity contribution in [2.24, 2.45) is 0 Å². The molecule has 1 N–H and O–H groups in total. The number of hydrogen-bond acceptors (Lipinski definition) is 3. The lowest BCUT2D eigenvalue weighted by molar-refractivity contribution is 0.0949. The molecule has 0 saturated carbocycles. The zero-order chi connectivity index (χ0) is 17.6. The number of pyridine rings is 1. The fraction of sp³-hybridized carbons (Fsp3) is 0.368. The van der Waals surface area contributed by atoms with E-state index in [1.165, 1.54) is 31.0 Å². The lowest BCUT2D eigenvalue weighted by Gasteiger charge is -2.15. The minimum atomic E-state index is -0.349. The smallest absolute Gasteiger partial charge is 0.253 e. The number of halogens is 1. The molecule has 1 fully saturated rings. The zero-order valence-corrected chi connectivity index (χ0v) is 14.1. The minimum absolute atomic E-state index is 0.110. The van der Waals surface area contributed by atoms with Crippen LogP contribution in [0.4, 0.5) is 4.39 Å². The first-order valence-electron chi connectivity index (χ1n) is 8.58. The van der Waals surface area contributed by atoms with Crippen LogP contribution in [0.15, 0.2) is 47.4 Å². The van der Waals surface area contributed by atoms with Gasteiger partial charge in [0, 0.05) is 37.5 Å². The second kappa shape index (κ2) is 8.07. The molecule has 0 unspecified atom stereocenters. The van der Waals surface area contributed by atoms with Gasteiger partial charge in [0.05, 0.1) is 5.56 Å². The van der Waals surface area contributed by atoms with Crippen LogP contribution in [-0.4, -0.2) is 35.0 Å². The molecule has 2 aromatic rings. The van der Waals surface area contributed by atoms with Gasteiger partial charge in [0.1, 0.15) is 5.82 Å². The molecule has 0 bridgehead atoms. The predicted molar refractivity (Wildman–Crippen MR) is 93.9 cm³/mol. The van der Waals surface area contributed by atoms with E-state index >= 15 is 0 Å². The summed E-state index contributed by atoms with van der Waals surface area (Å²) in [7, 11) is 0. The fourth-order valence-electron chi connectivity index (χ4n) is 3.02. The molecule has 5 nitrogen and oxygen atoms in total. The molecule has 1 aromatic carbocycles. The van der Waals surface area contributed by atoms with Crippen molar-refractivity contribution in [1.82, 2.24) is 14.8 Å². The number of amides is 1. The van der Waals surface area contributed by atoms with E-state index in [1.54, 1.807) is 29.0 Å². The standard InChI is InChI=1S/C19H22FN3O2/c20-17-6-2-1-5-15(17)13-21-19(25)16-7-8-18(24)23(14-16)12-11-22-9-3-4-10-22/h1-2,5-8,14H,3-4,9-13H2,(H,21,25). The Labute approximate surface area is 146 Å². The van der Waals surface area contributed by atoms with Gasteiger partial charge in [-0.25, -0.2) is 4.39 Å². The van der Waals surface area contributed by atoms with E-state index in [4.69, 9.17) is 0 Å². The highest BCUT2D eigenvalue weighted by molar-refractivity contribution is 5.93. The van der Waals surface area contributed by atoms with Crippen LogP contribution in [0.1, 0.15) is 28.8 Å². The molecule has 25 heavy (non-hydrogen) atoms. The molecule has 6 heteroatoms. The number of benzene rings is 1. The molecule has 3 rings (SSSR count). The average molecular weight is 343 g/mol. The van der Waals surface area contributed by atoms with E-state index in [-0.39, 0.29) is 23.8 Å². The second-order valence-electron chi connectivity index (χ2n) is 6.27. The Morgan fingerprint density at radius 1 is 1.08 bits per heavy atom. The van der Waals surface area contributed by atoms with Gasteiger partial charge in [0.2, 0.25) is 0 Å². The van der Waals surface area contributed by atoms with Crippen molar-refractivity contribution < 1.29 is 9.18 Å². The molecule has 0 atom stereocenters. The van der Waals surface area contributed by atoms with Gasteiger partial charge in [-0.15, -0.1) is 0 Å². The van der Waals surface area contributed by atoms with Gasteiger partial charge in [-0.2, -0.15) is 0 Å². The summed E-state index contributed by atoms with van der Waals surface area (Å²) in [4.78, 5) is 26.6. The summed E-state index contributed by atoms with van der Waals surface area (Å²) in [5, 5.41) is 2.70. The molecule has 1 aliphatic heterocycles. The highest BCUT2D eigenvalue weighted by Crippen LogP contribution is 2.08. The number of aromatic nitrogens is 1. The van der Waals surface area contributed by atoms with Crippen molar-refractivity contribution in [1.29, 1.82) is 0 Å². The van der Waals surface area contributed by atoms with Crippen molar-refractivity contribution in [2.45, 2.75) is 25.9 Å². The third-order valence-corrected chi connectivity index (χ3v) is 4.50. The van der Waals surface area contributed by atoms with Crippen LogP contribution in [0, 0.1) is 5.82 Å². The van der Waals surface area contributed by atoms with Crippen LogP contribution in [0.3, 0.4) is 0 Å². The molecule has 132 valence electrons. The van der Waals surface area contributed by atoms with Crippen molar-refractivity contribution in [3.8, 4) is 0 Å². The summed E-state index contributed by atoms with van der Waals surface area (Å²) in [6, 6.07) is 9.24. The summed E-state index contributed by atoms with van der Waals surface area (Å²) in [5.41, 5.74) is 0.709. The Kier molecular flexibility index (Phi) is 5.60. The third-order valence-electron chi connectivity index (χ3n) is 4.50. The summed E-state index contributed by atoms with van der Waals surface area (Å²) < 4.78 is 15.2. The van der Waals surface area contributed by atoms with Crippen LogP contribution in [0.2, 0.25) is 0 Å². The molecule has 0 aliphatic carbocycles. The molecule has 1 aromatic heterocycles. The zero-order valence-electron chi connectivity index (χ0n) is 14.1. The van der Waals surface area contributed by atoms with Gasteiger partial charge in [-0.3, -0.25) is 9.59 Å². The number of hydrogen-bond donors (Lipinski definition) is 1. The molecule has 2 heterocycles. The van der Waals surface area contributed by atoms with Crippen molar-refractivity contribution in [3.05, 3.63) is 69.9 Å².